The normalized spacial score (nSPS) is 19.5. The third-order valence-corrected chi connectivity index (χ3v) is 5.03. The second kappa shape index (κ2) is 14.0. The van der Waals surface area contributed by atoms with E-state index in [2.05, 4.69) is 0 Å². The molecule has 0 aromatic heterocycles. The molecule has 0 heterocycles. The third kappa shape index (κ3) is 8.82. The number of hydrogen-bond acceptors (Lipinski definition) is 6. The van der Waals surface area contributed by atoms with Gasteiger partial charge in [-0.2, -0.15) is 136 Å². The molecule has 4 atom stereocenters. The number of halogens is 31. The zero-order valence-electron chi connectivity index (χ0n) is 23.1. The van der Waals surface area contributed by atoms with E-state index < -0.39 is 103 Å². The van der Waals surface area contributed by atoms with Crippen molar-refractivity contribution in [3.05, 3.63) is 12.1 Å². The Bertz CT molecular complexity index is 1420. The number of ether oxygens (including phenoxy) is 5. The highest BCUT2D eigenvalue weighted by Crippen LogP contribution is 2.61. The van der Waals surface area contributed by atoms with Gasteiger partial charge in [0, 0.05) is 0 Å². The van der Waals surface area contributed by atoms with E-state index in [1.54, 1.807) is 0 Å². The summed E-state index contributed by atoms with van der Waals surface area (Å²) in [4.78, 5) is 10.1. The van der Waals surface area contributed by atoms with Gasteiger partial charge in [-0.1, -0.05) is 0 Å². The van der Waals surface area contributed by atoms with Crippen LogP contribution < -0.4 is 0 Å². The van der Waals surface area contributed by atoms with Crippen LogP contribution in [0.25, 0.3) is 0 Å². The number of carbonyl (C=O) groups is 1. The summed E-state index contributed by atoms with van der Waals surface area (Å²) < 4.78 is 420. The van der Waals surface area contributed by atoms with Crippen molar-refractivity contribution in [3.63, 3.8) is 0 Å². The summed E-state index contributed by atoms with van der Waals surface area (Å²) in [6.07, 6.45) is -83.6. The van der Waals surface area contributed by atoms with Gasteiger partial charge < -0.3 is 9.84 Å². The third-order valence-electron chi connectivity index (χ3n) is 5.03. The lowest BCUT2D eigenvalue weighted by Gasteiger charge is -2.44. The van der Waals surface area contributed by atoms with Crippen LogP contribution in [0.1, 0.15) is 0 Å². The minimum atomic E-state index is -9.39. The van der Waals surface area contributed by atoms with E-state index in [9.17, 15) is 141 Å². The van der Waals surface area contributed by atoms with Crippen LogP contribution >= 0.6 is 0 Å². The summed E-state index contributed by atoms with van der Waals surface area (Å²) in [5, 5.41) is 7.80. The molecular formula is C17HF31O7. The van der Waals surface area contributed by atoms with Gasteiger partial charge in [0.1, 0.15) is 0 Å². The van der Waals surface area contributed by atoms with E-state index >= 15 is 0 Å². The summed E-state index contributed by atoms with van der Waals surface area (Å²) >= 11 is 0. The maximum Gasteiger partial charge on any atom is 0.471 e. The first-order valence-corrected chi connectivity index (χ1v) is 11.1. The fourth-order valence-electron chi connectivity index (χ4n) is 2.44. The van der Waals surface area contributed by atoms with E-state index in [1.807, 2.05) is 0 Å². The van der Waals surface area contributed by atoms with Crippen LogP contribution in [0.3, 0.4) is 0 Å². The monoisotopic (exact) mass is 906 g/mol. The lowest BCUT2D eigenvalue weighted by atomic mass is 10.2. The summed E-state index contributed by atoms with van der Waals surface area (Å²) in [7, 11) is 0. The first kappa shape index (κ1) is 51.7. The van der Waals surface area contributed by atoms with Crippen molar-refractivity contribution in [2.45, 2.75) is 84.6 Å². The number of rotatable bonds is 16. The maximum atomic E-state index is 14.5. The average Bonchev–Trinajstić information content (AvgIpc) is 2.88. The van der Waals surface area contributed by atoms with Crippen LogP contribution in [0.5, 0.6) is 0 Å². The van der Waals surface area contributed by atoms with Crippen LogP contribution in [-0.4, -0.2) is 95.7 Å². The molecule has 0 fully saturated rings. The SMILES string of the molecule is O=C(O)C(F)(F)C(F)(F)OC(F)(C(F)(F)F)C(F)(F)OC(F)(C(F)(F)F)C(F)(F)OC(F)(C(F)(F)F)C(F)(F)OC(F)(C(F)(F)F)C(F)(F)OC(F)=C(F)F. The van der Waals surface area contributed by atoms with Gasteiger partial charge in [0.05, 0.1) is 0 Å². The Morgan fingerprint density at radius 1 is 0.345 bits per heavy atom. The molecule has 0 amide bonds. The summed E-state index contributed by atoms with van der Waals surface area (Å²) in [5.74, 6) is -48.4. The smallest absolute Gasteiger partial charge is 0.471 e. The Labute approximate surface area is 274 Å². The molecule has 7 nitrogen and oxygen atoms in total. The Morgan fingerprint density at radius 3 is 0.727 bits per heavy atom. The first-order chi connectivity index (χ1) is 23.3. The van der Waals surface area contributed by atoms with E-state index in [0.29, 0.717) is 0 Å². The predicted molar refractivity (Wildman–Crippen MR) is 92.7 cm³/mol. The van der Waals surface area contributed by atoms with Crippen molar-refractivity contribution in [3.8, 4) is 0 Å². The molecule has 328 valence electrons. The molecule has 0 radical (unpaired) electrons. The molecule has 0 aromatic carbocycles. The largest absolute Gasteiger partial charge is 0.477 e. The highest BCUT2D eigenvalue weighted by molar-refractivity contribution is 5.76. The van der Waals surface area contributed by atoms with Crippen LogP contribution in [-0.2, 0) is 28.5 Å². The van der Waals surface area contributed by atoms with E-state index in [0.717, 1.165) is 18.9 Å². The molecule has 0 bridgehead atoms. The van der Waals surface area contributed by atoms with Crippen molar-refractivity contribution < 1.29 is 170 Å². The van der Waals surface area contributed by atoms with E-state index in [-0.39, 0.29) is 0 Å². The number of hydrogen-bond donors (Lipinski definition) is 1. The molecule has 0 rings (SSSR count). The second-order valence-corrected chi connectivity index (χ2v) is 8.88. The quantitative estimate of drug-likeness (QED) is 0.122. The van der Waals surface area contributed by atoms with Crippen molar-refractivity contribution in [1.29, 1.82) is 0 Å². The van der Waals surface area contributed by atoms with Crippen LogP contribution in [0.4, 0.5) is 136 Å². The minimum absolute atomic E-state index is 0.801. The highest BCUT2D eigenvalue weighted by atomic mass is 19.4. The van der Waals surface area contributed by atoms with Gasteiger partial charge in [-0.15, -0.1) is 0 Å². The Hall–Kier alpha value is -3.32. The summed E-state index contributed by atoms with van der Waals surface area (Å²) in [5.41, 5.74) is 0. The van der Waals surface area contributed by atoms with Gasteiger partial charge >= 0.3 is 103 Å². The molecule has 0 spiro atoms. The van der Waals surface area contributed by atoms with Gasteiger partial charge in [-0.05, 0) is 0 Å². The van der Waals surface area contributed by atoms with Gasteiger partial charge in [0.25, 0.3) is 0 Å². The van der Waals surface area contributed by atoms with E-state index in [4.69, 9.17) is 5.11 Å². The van der Waals surface area contributed by atoms with Crippen molar-refractivity contribution >= 4 is 5.97 Å². The number of aliphatic carboxylic acids is 1. The first-order valence-electron chi connectivity index (χ1n) is 11.1. The summed E-state index contributed by atoms with van der Waals surface area (Å²) in [6, 6.07) is -4.56. The molecule has 0 aliphatic carbocycles. The Morgan fingerprint density at radius 2 is 0.545 bits per heavy atom. The molecule has 38 heteroatoms. The zero-order valence-corrected chi connectivity index (χ0v) is 23.1. The van der Waals surface area contributed by atoms with Crippen molar-refractivity contribution in [2.24, 2.45) is 0 Å². The molecule has 0 aromatic rings. The molecule has 1 N–H and O–H groups in total. The zero-order chi connectivity index (χ0) is 45.3. The minimum Gasteiger partial charge on any atom is -0.477 e. The van der Waals surface area contributed by atoms with Crippen LogP contribution in [0, 0.1) is 0 Å². The van der Waals surface area contributed by atoms with Gasteiger partial charge in [-0.3, -0.25) is 18.9 Å². The predicted octanol–water partition coefficient (Wildman–Crippen LogP) is 9.70. The fraction of sp³-hybridized carbons (Fsp3) is 0.824. The lowest BCUT2D eigenvalue weighted by Crippen LogP contribution is -2.72. The van der Waals surface area contributed by atoms with Crippen molar-refractivity contribution in [2.75, 3.05) is 0 Å². The second-order valence-electron chi connectivity index (χ2n) is 8.88. The maximum absolute atomic E-state index is 14.5. The number of alkyl halides is 28. The van der Waals surface area contributed by atoms with Crippen molar-refractivity contribution in [1.82, 2.24) is 0 Å². The summed E-state index contributed by atoms with van der Waals surface area (Å²) in [6.45, 7) is 0. The van der Waals surface area contributed by atoms with Gasteiger partial charge in [0.2, 0.25) is 0 Å². The Kier molecular flexibility index (Phi) is 13.1. The fourth-order valence-corrected chi connectivity index (χ4v) is 2.44. The highest BCUT2D eigenvalue weighted by Gasteiger charge is 2.90. The van der Waals surface area contributed by atoms with E-state index in [1.165, 1.54) is 4.74 Å². The standard InChI is InChI=1S/C17HF31O7/c18-1(19)2(20)51-14(41,42)5(23,9(27,28)29)53-16(45,46)7(25,11(33,34)35)55-17(47,48)8(26,12(36,37)38)54-15(43,44)6(24,10(30,31)32)52-13(39,40)4(21,22)3(49)50/h(H,49,50). The molecule has 0 aliphatic heterocycles. The van der Waals surface area contributed by atoms with Crippen LogP contribution in [0.15, 0.2) is 12.1 Å². The average molecular weight is 906 g/mol. The topological polar surface area (TPSA) is 83.5 Å². The number of carboxylic acid groups (broad SMARTS) is 1. The lowest BCUT2D eigenvalue weighted by molar-refractivity contribution is -0.596. The molecule has 0 aliphatic rings. The molecule has 0 saturated carbocycles. The van der Waals surface area contributed by atoms with Gasteiger partial charge in [-0.25, -0.2) is 4.79 Å². The van der Waals surface area contributed by atoms with Gasteiger partial charge in [0.15, 0.2) is 0 Å². The molecule has 55 heavy (non-hydrogen) atoms. The molecular weight excluding hydrogens is 905 g/mol. The Balaban J connectivity index is 7.86. The molecule has 0 saturated heterocycles. The molecule has 4 unspecified atom stereocenters. The van der Waals surface area contributed by atoms with Crippen LogP contribution in [0.2, 0.25) is 0 Å². The number of carboxylic acids is 1.